The minimum atomic E-state index is 0.0261. The second kappa shape index (κ2) is 9.62. The summed E-state index contributed by atoms with van der Waals surface area (Å²) in [4.78, 5) is 28.7. The van der Waals surface area contributed by atoms with Gasteiger partial charge in [-0.05, 0) is 55.9 Å². The molecule has 8 nitrogen and oxygen atoms in total. The minimum absolute atomic E-state index is 0.0261. The second-order valence-corrected chi connectivity index (χ2v) is 8.56. The van der Waals surface area contributed by atoms with Crippen molar-refractivity contribution in [2.24, 2.45) is 5.92 Å². The molecule has 2 amide bonds. The molecule has 0 atom stereocenters. The highest BCUT2D eigenvalue weighted by Crippen LogP contribution is 2.32. The fourth-order valence-corrected chi connectivity index (χ4v) is 4.02. The molecule has 1 aliphatic heterocycles. The normalized spacial score (nSPS) is 17.0. The molecule has 1 saturated carbocycles. The van der Waals surface area contributed by atoms with Gasteiger partial charge >= 0.3 is 0 Å². The zero-order valence-electron chi connectivity index (χ0n) is 18.3. The van der Waals surface area contributed by atoms with Crippen molar-refractivity contribution >= 4 is 18.0 Å². The van der Waals surface area contributed by atoms with Crippen LogP contribution in [0.2, 0.25) is 0 Å². The van der Waals surface area contributed by atoms with Crippen LogP contribution in [-0.4, -0.2) is 78.3 Å². The van der Waals surface area contributed by atoms with E-state index in [2.05, 4.69) is 20.4 Å². The molecular weight excluding hydrogens is 394 g/mol. The van der Waals surface area contributed by atoms with Crippen molar-refractivity contribution in [2.45, 2.75) is 26.7 Å². The Morgan fingerprint density at radius 3 is 2.65 bits per heavy atom. The summed E-state index contributed by atoms with van der Waals surface area (Å²) in [6.45, 7) is 9.54. The predicted molar refractivity (Wildman–Crippen MR) is 119 cm³/mol. The Bertz CT molecular complexity index is 929. The first-order valence-electron chi connectivity index (χ1n) is 11.0. The standard InChI is InChI=1S/C23H31N5O3/c1-16-11-21(24-15-29)20(22-17(2)13-25-26-22)12-19(16)23(30)28-7-5-27(6-8-28)9-10-31-14-18-3-4-18/h11-13,15,18H,3-10,14H2,1-2H3,(H,24,29)(H,25,26). The number of amides is 2. The lowest BCUT2D eigenvalue weighted by molar-refractivity contribution is -0.105. The Balaban J connectivity index is 1.42. The average molecular weight is 426 g/mol. The quantitative estimate of drug-likeness (QED) is 0.476. The number of carbonyl (C=O) groups is 2. The summed E-state index contributed by atoms with van der Waals surface area (Å²) < 4.78 is 5.75. The summed E-state index contributed by atoms with van der Waals surface area (Å²) in [5.41, 5.74) is 4.67. The van der Waals surface area contributed by atoms with Gasteiger partial charge in [-0.25, -0.2) is 0 Å². The van der Waals surface area contributed by atoms with E-state index >= 15 is 0 Å². The van der Waals surface area contributed by atoms with Crippen LogP contribution in [0.5, 0.6) is 0 Å². The van der Waals surface area contributed by atoms with Crippen molar-refractivity contribution in [1.29, 1.82) is 0 Å². The van der Waals surface area contributed by atoms with Crippen LogP contribution in [0.15, 0.2) is 18.3 Å². The maximum absolute atomic E-state index is 13.3. The number of aryl methyl sites for hydroxylation is 2. The van der Waals surface area contributed by atoms with Crippen LogP contribution < -0.4 is 5.32 Å². The predicted octanol–water partition coefficient (Wildman–Crippen LogP) is 2.45. The van der Waals surface area contributed by atoms with E-state index in [4.69, 9.17) is 4.74 Å². The highest BCUT2D eigenvalue weighted by Gasteiger charge is 2.25. The van der Waals surface area contributed by atoms with Gasteiger partial charge in [0, 0.05) is 50.5 Å². The van der Waals surface area contributed by atoms with Gasteiger partial charge in [-0.3, -0.25) is 19.6 Å². The maximum atomic E-state index is 13.3. The molecule has 2 fully saturated rings. The van der Waals surface area contributed by atoms with Gasteiger partial charge in [-0.1, -0.05) is 0 Å². The zero-order valence-corrected chi connectivity index (χ0v) is 18.3. The van der Waals surface area contributed by atoms with Crippen molar-refractivity contribution in [2.75, 3.05) is 51.3 Å². The average Bonchev–Trinajstić information content (AvgIpc) is 3.50. The summed E-state index contributed by atoms with van der Waals surface area (Å²) >= 11 is 0. The smallest absolute Gasteiger partial charge is 0.254 e. The van der Waals surface area contributed by atoms with E-state index in [9.17, 15) is 9.59 Å². The van der Waals surface area contributed by atoms with Crippen LogP contribution in [-0.2, 0) is 9.53 Å². The molecule has 4 rings (SSSR count). The third-order valence-corrected chi connectivity index (χ3v) is 6.17. The summed E-state index contributed by atoms with van der Waals surface area (Å²) in [5, 5.41) is 9.81. The molecule has 1 aliphatic carbocycles. The molecule has 2 aromatic rings. The SMILES string of the molecule is Cc1cc(NC=O)c(-c2[nH]ncc2C)cc1C(=O)N1CCN(CCOCC2CC2)CC1. The van der Waals surface area contributed by atoms with Crippen LogP contribution in [0.25, 0.3) is 11.3 Å². The van der Waals surface area contributed by atoms with Gasteiger partial charge in [-0.2, -0.15) is 5.10 Å². The van der Waals surface area contributed by atoms with Gasteiger partial charge in [0.05, 0.1) is 24.2 Å². The van der Waals surface area contributed by atoms with Crippen molar-refractivity contribution < 1.29 is 14.3 Å². The van der Waals surface area contributed by atoms with Crippen molar-refractivity contribution in [1.82, 2.24) is 20.0 Å². The third kappa shape index (κ3) is 5.14. The summed E-state index contributed by atoms with van der Waals surface area (Å²) in [6.07, 6.45) is 5.01. The fraction of sp³-hybridized carbons (Fsp3) is 0.522. The van der Waals surface area contributed by atoms with Crippen LogP contribution in [0, 0.1) is 19.8 Å². The Hall–Kier alpha value is -2.71. The van der Waals surface area contributed by atoms with E-state index in [1.54, 1.807) is 6.20 Å². The molecule has 1 aromatic heterocycles. The molecule has 2 aliphatic rings. The summed E-state index contributed by atoms with van der Waals surface area (Å²) in [7, 11) is 0. The Morgan fingerprint density at radius 2 is 2.00 bits per heavy atom. The van der Waals surface area contributed by atoms with Gasteiger partial charge in [0.1, 0.15) is 0 Å². The molecule has 1 aromatic carbocycles. The molecule has 2 N–H and O–H groups in total. The number of hydrogen-bond donors (Lipinski definition) is 2. The molecule has 0 bridgehead atoms. The number of aromatic nitrogens is 2. The number of hydrogen-bond acceptors (Lipinski definition) is 5. The third-order valence-electron chi connectivity index (χ3n) is 6.17. The second-order valence-electron chi connectivity index (χ2n) is 8.56. The van der Waals surface area contributed by atoms with Gasteiger partial charge in [0.2, 0.25) is 6.41 Å². The van der Waals surface area contributed by atoms with Gasteiger partial charge < -0.3 is 15.0 Å². The number of piperazine rings is 1. The molecule has 0 spiro atoms. The van der Waals surface area contributed by atoms with Crippen LogP contribution in [0.3, 0.4) is 0 Å². The maximum Gasteiger partial charge on any atom is 0.254 e. The lowest BCUT2D eigenvalue weighted by atomic mass is 9.98. The van der Waals surface area contributed by atoms with E-state index in [0.29, 0.717) is 30.8 Å². The monoisotopic (exact) mass is 425 g/mol. The van der Waals surface area contributed by atoms with Crippen molar-refractivity contribution in [3.8, 4) is 11.3 Å². The van der Waals surface area contributed by atoms with Gasteiger partial charge in [0.25, 0.3) is 5.91 Å². The molecule has 1 saturated heterocycles. The number of nitrogens with zero attached hydrogens (tertiary/aromatic N) is 3. The first-order chi connectivity index (χ1) is 15.1. The van der Waals surface area contributed by atoms with Gasteiger partial charge in [-0.15, -0.1) is 0 Å². The van der Waals surface area contributed by atoms with Gasteiger partial charge in [0.15, 0.2) is 0 Å². The fourth-order valence-electron chi connectivity index (χ4n) is 4.02. The molecule has 8 heteroatoms. The first-order valence-corrected chi connectivity index (χ1v) is 11.0. The largest absolute Gasteiger partial charge is 0.380 e. The van der Waals surface area contributed by atoms with E-state index in [0.717, 1.165) is 61.2 Å². The highest BCUT2D eigenvalue weighted by atomic mass is 16.5. The number of anilines is 1. The van der Waals surface area contributed by atoms with E-state index in [1.165, 1.54) is 12.8 Å². The molecule has 0 radical (unpaired) electrons. The number of carbonyl (C=O) groups excluding carboxylic acids is 2. The zero-order chi connectivity index (χ0) is 21.8. The molecule has 0 unspecified atom stereocenters. The van der Waals surface area contributed by atoms with Crippen molar-refractivity contribution in [3.63, 3.8) is 0 Å². The molecule has 2 heterocycles. The number of rotatable bonds is 9. The molecule has 31 heavy (non-hydrogen) atoms. The lowest BCUT2D eigenvalue weighted by Gasteiger charge is -2.35. The highest BCUT2D eigenvalue weighted by molar-refractivity contribution is 5.99. The van der Waals surface area contributed by atoms with Crippen molar-refractivity contribution in [3.05, 3.63) is 35.0 Å². The number of benzene rings is 1. The Kier molecular flexibility index (Phi) is 6.67. The lowest BCUT2D eigenvalue weighted by Crippen LogP contribution is -2.49. The topological polar surface area (TPSA) is 90.6 Å². The van der Waals surface area contributed by atoms with Crippen LogP contribution in [0.1, 0.15) is 34.3 Å². The van der Waals surface area contributed by atoms with E-state index in [-0.39, 0.29) is 5.91 Å². The number of nitrogens with one attached hydrogen (secondary N) is 2. The summed E-state index contributed by atoms with van der Waals surface area (Å²) in [6, 6.07) is 3.72. The Labute approximate surface area is 182 Å². The minimum Gasteiger partial charge on any atom is -0.380 e. The summed E-state index contributed by atoms with van der Waals surface area (Å²) in [5.74, 6) is 0.819. The van der Waals surface area contributed by atoms with E-state index < -0.39 is 0 Å². The van der Waals surface area contributed by atoms with Crippen LogP contribution >= 0.6 is 0 Å². The first kappa shape index (κ1) is 21.5. The molecular formula is C23H31N5O3. The van der Waals surface area contributed by atoms with Crippen LogP contribution in [0.4, 0.5) is 5.69 Å². The number of ether oxygens (including phenoxy) is 1. The number of aromatic amines is 1. The Morgan fingerprint density at radius 1 is 1.23 bits per heavy atom. The van der Waals surface area contributed by atoms with E-state index in [1.807, 2.05) is 30.9 Å². The number of H-pyrrole nitrogens is 1. The molecule has 166 valence electrons.